The van der Waals surface area contributed by atoms with Crippen molar-refractivity contribution < 1.29 is 27.5 Å². The van der Waals surface area contributed by atoms with E-state index in [1.807, 2.05) is 6.92 Å². The van der Waals surface area contributed by atoms with Crippen LogP contribution < -0.4 is 15.5 Å². The summed E-state index contributed by atoms with van der Waals surface area (Å²) in [6.45, 7) is 3.21. The fourth-order valence-electron chi connectivity index (χ4n) is 3.57. The molecule has 4 rings (SSSR count). The van der Waals surface area contributed by atoms with Gasteiger partial charge in [0.05, 0.1) is 24.4 Å². The van der Waals surface area contributed by atoms with E-state index >= 15 is 0 Å². The quantitative estimate of drug-likeness (QED) is 0.519. The van der Waals surface area contributed by atoms with E-state index in [1.165, 1.54) is 19.4 Å². The number of ether oxygens (including phenoxy) is 1. The SMILES string of the molecule is COC(=O)C1(C)CCN(c2ccc(NC(=O)c3nnc(Nc4ccc(F)c(F)c4)o3)cn2)CC1. The van der Waals surface area contributed by atoms with Gasteiger partial charge in [-0.1, -0.05) is 5.10 Å². The lowest BCUT2D eigenvalue weighted by atomic mass is 9.80. The van der Waals surface area contributed by atoms with Gasteiger partial charge in [0, 0.05) is 24.8 Å². The van der Waals surface area contributed by atoms with E-state index in [0.717, 1.165) is 18.0 Å². The number of halogens is 2. The number of rotatable bonds is 6. The number of anilines is 4. The molecule has 1 saturated heterocycles. The van der Waals surface area contributed by atoms with Crippen LogP contribution in [0, 0.1) is 17.0 Å². The average molecular weight is 472 g/mol. The normalized spacial score (nSPS) is 15.0. The molecular weight excluding hydrogens is 450 g/mol. The molecule has 3 aromatic rings. The lowest BCUT2D eigenvalue weighted by Gasteiger charge is -2.37. The maximum absolute atomic E-state index is 13.3. The minimum Gasteiger partial charge on any atom is -0.469 e. The molecule has 10 nitrogen and oxygen atoms in total. The number of nitrogens with one attached hydrogen (secondary N) is 2. The Labute approximate surface area is 193 Å². The number of nitrogens with zero attached hydrogens (tertiary/aromatic N) is 4. The van der Waals surface area contributed by atoms with Crippen molar-refractivity contribution in [2.75, 3.05) is 35.7 Å². The van der Waals surface area contributed by atoms with Crippen molar-refractivity contribution >= 4 is 35.1 Å². The van der Waals surface area contributed by atoms with Gasteiger partial charge in [-0.25, -0.2) is 13.8 Å². The number of esters is 1. The van der Waals surface area contributed by atoms with Crippen molar-refractivity contribution in [1.29, 1.82) is 0 Å². The molecule has 0 spiro atoms. The molecule has 34 heavy (non-hydrogen) atoms. The van der Waals surface area contributed by atoms with Gasteiger partial charge in [0.1, 0.15) is 5.82 Å². The topological polar surface area (TPSA) is 122 Å². The van der Waals surface area contributed by atoms with Gasteiger partial charge in [-0.2, -0.15) is 0 Å². The first-order chi connectivity index (χ1) is 16.3. The number of hydrogen-bond donors (Lipinski definition) is 2. The first-order valence-corrected chi connectivity index (χ1v) is 10.4. The summed E-state index contributed by atoms with van der Waals surface area (Å²) in [5, 5.41) is 12.5. The second-order valence-corrected chi connectivity index (χ2v) is 8.06. The van der Waals surface area contributed by atoms with Crippen molar-refractivity contribution in [3.05, 3.63) is 54.1 Å². The molecule has 1 amide bonds. The van der Waals surface area contributed by atoms with Gasteiger partial charge in [-0.15, -0.1) is 5.10 Å². The number of methoxy groups -OCH3 is 1. The summed E-state index contributed by atoms with van der Waals surface area (Å²) < 4.78 is 36.5. The van der Waals surface area contributed by atoms with E-state index in [2.05, 4.69) is 30.7 Å². The van der Waals surface area contributed by atoms with Crippen molar-refractivity contribution in [1.82, 2.24) is 15.2 Å². The molecule has 0 atom stereocenters. The van der Waals surface area contributed by atoms with E-state index < -0.39 is 23.0 Å². The predicted octanol–water partition coefficient (Wildman–Crippen LogP) is 3.52. The number of pyridine rings is 1. The van der Waals surface area contributed by atoms with Crippen LogP contribution in [-0.4, -0.2) is 47.3 Å². The van der Waals surface area contributed by atoms with Gasteiger partial charge < -0.3 is 24.7 Å². The van der Waals surface area contributed by atoms with Crippen molar-refractivity contribution in [2.45, 2.75) is 19.8 Å². The Hall–Kier alpha value is -4.09. The third-order valence-corrected chi connectivity index (χ3v) is 5.67. The van der Waals surface area contributed by atoms with Gasteiger partial charge in [0.2, 0.25) is 0 Å². The number of carbonyl (C=O) groups excluding carboxylic acids is 2. The van der Waals surface area contributed by atoms with Crippen LogP contribution in [0.4, 0.5) is 32.0 Å². The molecule has 2 N–H and O–H groups in total. The number of amides is 1. The van der Waals surface area contributed by atoms with E-state index in [9.17, 15) is 18.4 Å². The standard InChI is InChI=1S/C22H22F2N6O4/c1-22(20(32)33-2)7-9-30(10-8-22)17-6-4-14(12-25-17)26-18(31)19-28-29-21(34-19)27-13-3-5-15(23)16(24)11-13/h3-6,11-12H,7-10H2,1-2H3,(H,26,31)(H,27,29). The maximum Gasteiger partial charge on any atom is 0.320 e. The zero-order chi connectivity index (χ0) is 24.3. The lowest BCUT2D eigenvalue weighted by molar-refractivity contribution is -0.152. The molecule has 1 aliphatic rings. The molecule has 0 bridgehead atoms. The van der Waals surface area contributed by atoms with Gasteiger partial charge in [-0.3, -0.25) is 9.59 Å². The van der Waals surface area contributed by atoms with Gasteiger partial charge in [0.25, 0.3) is 0 Å². The molecule has 1 aromatic carbocycles. The van der Waals surface area contributed by atoms with Crippen LogP contribution in [0.15, 0.2) is 40.9 Å². The molecule has 1 fully saturated rings. The van der Waals surface area contributed by atoms with Crippen molar-refractivity contribution in [3.63, 3.8) is 0 Å². The molecule has 2 aromatic heterocycles. The van der Waals surface area contributed by atoms with Crippen LogP contribution in [-0.2, 0) is 9.53 Å². The van der Waals surface area contributed by atoms with Crippen molar-refractivity contribution in [2.24, 2.45) is 5.41 Å². The number of piperidine rings is 1. The molecule has 1 aliphatic heterocycles. The highest BCUT2D eigenvalue weighted by Crippen LogP contribution is 2.33. The second kappa shape index (κ2) is 9.41. The third-order valence-electron chi connectivity index (χ3n) is 5.67. The summed E-state index contributed by atoms with van der Waals surface area (Å²) in [5.74, 6) is -2.50. The summed E-state index contributed by atoms with van der Waals surface area (Å²) in [6, 6.07) is 6.44. The van der Waals surface area contributed by atoms with Gasteiger partial charge >= 0.3 is 23.8 Å². The zero-order valence-electron chi connectivity index (χ0n) is 18.5. The van der Waals surface area contributed by atoms with Gasteiger partial charge in [0.15, 0.2) is 11.6 Å². The Kier molecular flexibility index (Phi) is 6.39. The number of hydrogen-bond acceptors (Lipinski definition) is 9. The third kappa shape index (κ3) is 4.95. The first kappa shape index (κ1) is 23.1. The molecule has 3 heterocycles. The minimum atomic E-state index is -1.04. The molecule has 0 aliphatic carbocycles. The lowest BCUT2D eigenvalue weighted by Crippen LogP contribution is -2.43. The largest absolute Gasteiger partial charge is 0.469 e. The average Bonchev–Trinajstić information content (AvgIpc) is 3.30. The monoisotopic (exact) mass is 472 g/mol. The molecule has 178 valence electrons. The minimum absolute atomic E-state index is 0.159. The summed E-state index contributed by atoms with van der Waals surface area (Å²) in [4.78, 5) is 30.8. The summed E-state index contributed by atoms with van der Waals surface area (Å²) in [5.41, 5.74) is 0.0966. The highest BCUT2D eigenvalue weighted by molar-refractivity contribution is 6.00. The summed E-state index contributed by atoms with van der Waals surface area (Å²) in [6.07, 6.45) is 2.80. The van der Waals surface area contributed by atoms with E-state index in [0.29, 0.717) is 31.6 Å². The number of benzene rings is 1. The van der Waals surface area contributed by atoms with E-state index in [1.54, 1.807) is 12.1 Å². The zero-order valence-corrected chi connectivity index (χ0v) is 18.5. The maximum atomic E-state index is 13.3. The Morgan fingerprint density at radius 2 is 1.82 bits per heavy atom. The smallest absolute Gasteiger partial charge is 0.320 e. The van der Waals surface area contributed by atoms with Crippen LogP contribution in [0.1, 0.15) is 30.5 Å². The van der Waals surface area contributed by atoms with E-state index in [-0.39, 0.29) is 23.6 Å². The Bertz CT molecular complexity index is 1190. The molecule has 0 unspecified atom stereocenters. The fraction of sp³-hybridized carbons (Fsp3) is 0.318. The highest BCUT2D eigenvalue weighted by Gasteiger charge is 2.38. The van der Waals surface area contributed by atoms with E-state index in [4.69, 9.17) is 9.15 Å². The Morgan fingerprint density at radius 3 is 2.47 bits per heavy atom. The Balaban J connectivity index is 1.34. The molecule has 12 heteroatoms. The second-order valence-electron chi connectivity index (χ2n) is 8.06. The highest BCUT2D eigenvalue weighted by atomic mass is 19.2. The summed E-state index contributed by atoms with van der Waals surface area (Å²) >= 11 is 0. The predicted molar refractivity (Wildman–Crippen MR) is 118 cm³/mol. The molecular formula is C22H22F2N6O4. The van der Waals surface area contributed by atoms with Crippen LogP contribution in [0.5, 0.6) is 0 Å². The van der Waals surface area contributed by atoms with Crippen LogP contribution in [0.2, 0.25) is 0 Å². The fourth-order valence-corrected chi connectivity index (χ4v) is 3.57. The summed E-state index contributed by atoms with van der Waals surface area (Å²) in [7, 11) is 1.40. The Morgan fingerprint density at radius 1 is 1.09 bits per heavy atom. The van der Waals surface area contributed by atoms with Gasteiger partial charge in [-0.05, 0) is 44.0 Å². The van der Waals surface area contributed by atoms with Crippen LogP contribution >= 0.6 is 0 Å². The van der Waals surface area contributed by atoms with Crippen LogP contribution in [0.3, 0.4) is 0 Å². The number of carbonyl (C=O) groups is 2. The number of aromatic nitrogens is 3. The molecule has 0 saturated carbocycles. The first-order valence-electron chi connectivity index (χ1n) is 10.4. The van der Waals surface area contributed by atoms with Crippen LogP contribution in [0.25, 0.3) is 0 Å². The van der Waals surface area contributed by atoms with Crippen molar-refractivity contribution in [3.8, 4) is 0 Å². The molecule has 0 radical (unpaired) electrons.